The van der Waals surface area contributed by atoms with Gasteiger partial charge >= 0.3 is 17.9 Å². The fourth-order valence-corrected chi connectivity index (χ4v) is 7.66. The number of rotatable bonds is 51. The van der Waals surface area contributed by atoms with Gasteiger partial charge in [0, 0.05) is 19.3 Å². The van der Waals surface area contributed by atoms with Crippen molar-refractivity contribution in [3.8, 4) is 0 Å². The van der Waals surface area contributed by atoms with Gasteiger partial charge in [0.05, 0.1) is 0 Å². The summed E-state index contributed by atoms with van der Waals surface area (Å²) < 4.78 is 16.8. The van der Waals surface area contributed by atoms with Gasteiger partial charge < -0.3 is 14.2 Å². The number of carbonyl (C=O) groups is 3. The van der Waals surface area contributed by atoms with Gasteiger partial charge in [-0.05, 0) is 122 Å². The first-order valence-corrected chi connectivity index (χ1v) is 28.9. The lowest BCUT2D eigenvalue weighted by Gasteiger charge is -2.18. The van der Waals surface area contributed by atoms with Crippen LogP contribution in [0.5, 0.6) is 0 Å². The number of carbonyl (C=O) groups excluding carboxylic acids is 3. The van der Waals surface area contributed by atoms with Crippen molar-refractivity contribution >= 4 is 17.9 Å². The van der Waals surface area contributed by atoms with E-state index in [2.05, 4.69) is 130 Å². The molecule has 0 saturated carbocycles. The molecule has 0 amide bonds. The summed E-state index contributed by atoms with van der Waals surface area (Å²) in [7, 11) is 0. The third kappa shape index (κ3) is 55.0. The van der Waals surface area contributed by atoms with Crippen LogP contribution in [0.4, 0.5) is 0 Å². The molecule has 6 heteroatoms. The van der Waals surface area contributed by atoms with Crippen molar-refractivity contribution in [1.82, 2.24) is 0 Å². The summed E-state index contributed by atoms with van der Waals surface area (Å²) in [6, 6.07) is 0. The van der Waals surface area contributed by atoms with Crippen LogP contribution in [0.3, 0.4) is 0 Å². The van der Waals surface area contributed by atoms with Crippen LogP contribution < -0.4 is 0 Å². The molecule has 0 aliphatic rings. The Kier molecular flexibility index (Phi) is 54.4. The van der Waals surface area contributed by atoms with Gasteiger partial charge in [0.25, 0.3) is 0 Å². The molecule has 0 fully saturated rings. The molecule has 0 radical (unpaired) electrons. The van der Waals surface area contributed by atoms with Gasteiger partial charge in [-0.3, -0.25) is 14.4 Å². The van der Waals surface area contributed by atoms with Gasteiger partial charge in [-0.25, -0.2) is 0 Å². The van der Waals surface area contributed by atoms with Crippen molar-refractivity contribution in [3.63, 3.8) is 0 Å². The van der Waals surface area contributed by atoms with Crippen LogP contribution in [-0.2, 0) is 28.6 Å². The van der Waals surface area contributed by atoms with Crippen LogP contribution in [0.25, 0.3) is 0 Å². The van der Waals surface area contributed by atoms with Crippen molar-refractivity contribution in [2.24, 2.45) is 0 Å². The van der Waals surface area contributed by atoms with Crippen molar-refractivity contribution < 1.29 is 28.6 Å². The molecule has 0 aromatic heterocycles. The molecule has 0 bridgehead atoms. The lowest BCUT2D eigenvalue weighted by molar-refractivity contribution is -0.167. The predicted molar refractivity (Wildman–Crippen MR) is 302 cm³/mol. The fraction of sp³-hybridized carbons (Fsp3) is 0.672. The summed E-state index contributed by atoms with van der Waals surface area (Å²) in [5.74, 6) is -0.978. The first-order valence-electron chi connectivity index (χ1n) is 28.9. The van der Waals surface area contributed by atoms with E-state index in [0.717, 1.165) is 103 Å². The second-order valence-corrected chi connectivity index (χ2v) is 18.8. The maximum atomic E-state index is 12.8. The highest BCUT2D eigenvalue weighted by molar-refractivity contribution is 5.71. The summed E-state index contributed by atoms with van der Waals surface area (Å²) in [5.41, 5.74) is 0. The van der Waals surface area contributed by atoms with Gasteiger partial charge in [-0.15, -0.1) is 0 Å². The zero-order valence-electron chi connectivity index (χ0n) is 45.5. The summed E-state index contributed by atoms with van der Waals surface area (Å²) in [5, 5.41) is 0. The summed E-state index contributed by atoms with van der Waals surface area (Å²) >= 11 is 0. The zero-order chi connectivity index (χ0) is 50.7. The highest BCUT2D eigenvalue weighted by Gasteiger charge is 2.19. The van der Waals surface area contributed by atoms with E-state index in [1.807, 2.05) is 0 Å². The van der Waals surface area contributed by atoms with Crippen LogP contribution in [0.1, 0.15) is 258 Å². The van der Waals surface area contributed by atoms with Crippen LogP contribution in [0.15, 0.2) is 109 Å². The second kappa shape index (κ2) is 57.6. The fourth-order valence-electron chi connectivity index (χ4n) is 7.66. The van der Waals surface area contributed by atoms with Crippen LogP contribution >= 0.6 is 0 Å². The highest BCUT2D eigenvalue weighted by Crippen LogP contribution is 2.14. The maximum Gasteiger partial charge on any atom is 0.306 e. The third-order valence-electron chi connectivity index (χ3n) is 12.0. The van der Waals surface area contributed by atoms with E-state index >= 15 is 0 Å². The molecule has 0 saturated heterocycles. The molecule has 0 aliphatic heterocycles. The van der Waals surface area contributed by atoms with Crippen molar-refractivity contribution in [2.75, 3.05) is 13.2 Å². The molecule has 398 valence electrons. The Morgan fingerprint density at radius 2 is 0.571 bits per heavy atom. The first kappa shape index (κ1) is 66.1. The molecule has 0 aromatic rings. The Bertz CT molecular complexity index is 1440. The lowest BCUT2D eigenvalue weighted by Crippen LogP contribution is -2.30. The second-order valence-electron chi connectivity index (χ2n) is 18.8. The van der Waals surface area contributed by atoms with Crippen molar-refractivity contribution in [2.45, 2.75) is 264 Å². The number of allylic oxidation sites excluding steroid dienone is 18. The molecular weight excluding hydrogens is 865 g/mol. The van der Waals surface area contributed by atoms with Gasteiger partial charge in [0.15, 0.2) is 6.10 Å². The molecule has 0 aliphatic carbocycles. The first-order chi connectivity index (χ1) is 34.5. The van der Waals surface area contributed by atoms with Crippen molar-refractivity contribution in [3.05, 3.63) is 109 Å². The molecular formula is C64H106O6. The standard InChI is InChI=1S/C64H106O6/c1-4-7-10-13-16-19-22-25-27-29-30-31-32-33-34-36-37-39-42-45-48-51-54-57-63(66)69-60-61(59-68-62(65)56-53-50-47-44-41-24-21-18-15-12-9-6-3)70-64(67)58-55-52-49-46-43-40-38-35-28-26-23-20-17-14-11-8-5-2/h7,10,16,18-19,21,25-28,30-31,33-34,37,39,45,48,61H,4-6,8-9,11-15,17,20,22-24,29,32,35-36,38,40-44,46-47,49-60H2,1-3H3/b10-7-,19-16-,21-18-,27-25-,28-26-,31-30-,34-33-,39-37-,48-45-. The number of hydrogen-bond acceptors (Lipinski definition) is 6. The minimum absolute atomic E-state index is 0.103. The van der Waals surface area contributed by atoms with E-state index in [4.69, 9.17) is 14.2 Å². The van der Waals surface area contributed by atoms with E-state index in [1.54, 1.807) is 0 Å². The molecule has 1 unspecified atom stereocenters. The zero-order valence-corrected chi connectivity index (χ0v) is 45.5. The summed E-state index contributed by atoms with van der Waals surface area (Å²) in [6.45, 7) is 6.44. The minimum Gasteiger partial charge on any atom is -0.462 e. The average molecular weight is 972 g/mol. The van der Waals surface area contributed by atoms with Crippen molar-refractivity contribution in [1.29, 1.82) is 0 Å². The third-order valence-corrected chi connectivity index (χ3v) is 12.0. The van der Waals surface area contributed by atoms with E-state index in [1.165, 1.54) is 109 Å². The maximum absolute atomic E-state index is 12.8. The summed E-state index contributed by atoms with van der Waals surface area (Å²) in [4.78, 5) is 38.1. The van der Waals surface area contributed by atoms with E-state index in [9.17, 15) is 14.4 Å². The Morgan fingerprint density at radius 1 is 0.300 bits per heavy atom. The normalized spacial score (nSPS) is 12.9. The van der Waals surface area contributed by atoms with E-state index in [0.29, 0.717) is 19.3 Å². The van der Waals surface area contributed by atoms with Gasteiger partial charge in [-0.2, -0.15) is 0 Å². The molecule has 0 heterocycles. The van der Waals surface area contributed by atoms with Crippen LogP contribution in [-0.4, -0.2) is 37.2 Å². The highest BCUT2D eigenvalue weighted by atomic mass is 16.6. The number of unbranched alkanes of at least 4 members (excludes halogenated alkanes) is 22. The lowest BCUT2D eigenvalue weighted by atomic mass is 10.1. The van der Waals surface area contributed by atoms with Gasteiger partial charge in [0.2, 0.25) is 0 Å². The van der Waals surface area contributed by atoms with E-state index < -0.39 is 6.10 Å². The molecule has 0 N–H and O–H groups in total. The summed E-state index contributed by atoms with van der Waals surface area (Å²) in [6.07, 6.45) is 78.0. The Balaban J connectivity index is 4.47. The molecule has 0 spiro atoms. The Hall–Kier alpha value is -3.93. The smallest absolute Gasteiger partial charge is 0.306 e. The minimum atomic E-state index is -0.809. The SMILES string of the molecule is CC/C=C\C/C=C\C/C=C\C/C=C\C/C=C\C/C=C\C/C=C\CCCC(=O)OCC(COC(=O)CCCCCCC/C=C\CCCCC)OC(=O)CCCCCCCCC/C=C\CCCCCCCC. The van der Waals surface area contributed by atoms with Gasteiger partial charge in [-0.1, -0.05) is 226 Å². The average Bonchev–Trinajstić information content (AvgIpc) is 3.36. The Labute approximate surface area is 431 Å². The molecule has 0 rings (SSSR count). The number of esters is 3. The predicted octanol–water partition coefficient (Wildman–Crippen LogP) is 19.5. The van der Waals surface area contributed by atoms with Gasteiger partial charge in [0.1, 0.15) is 13.2 Å². The largest absolute Gasteiger partial charge is 0.462 e. The van der Waals surface area contributed by atoms with Crippen LogP contribution in [0, 0.1) is 0 Å². The Morgan fingerprint density at radius 3 is 0.971 bits per heavy atom. The molecule has 1 atom stereocenters. The molecule has 0 aromatic carbocycles. The monoisotopic (exact) mass is 971 g/mol. The quantitative estimate of drug-likeness (QED) is 0.0262. The van der Waals surface area contributed by atoms with Crippen LogP contribution in [0.2, 0.25) is 0 Å². The topological polar surface area (TPSA) is 78.9 Å². The molecule has 70 heavy (non-hydrogen) atoms. The molecule has 6 nitrogen and oxygen atoms in total. The van der Waals surface area contributed by atoms with E-state index in [-0.39, 0.29) is 37.5 Å². The number of ether oxygens (including phenoxy) is 3. The number of hydrogen-bond donors (Lipinski definition) is 0.